The van der Waals surface area contributed by atoms with E-state index in [1.807, 2.05) is 0 Å². The number of amides is 1. The summed E-state index contributed by atoms with van der Waals surface area (Å²) in [7, 11) is 3.04. The number of hydrogen-bond donors (Lipinski definition) is 2. The molecule has 2 N–H and O–H groups in total. The molecule has 0 atom stereocenters. The molecular weight excluding hydrogens is 318 g/mol. The average molecular weight is 336 g/mol. The number of ether oxygens (including phenoxy) is 1. The lowest BCUT2D eigenvalue weighted by molar-refractivity contribution is 0.0943. The minimum absolute atomic E-state index is 0.101. The maximum Gasteiger partial charge on any atom is 0.273 e. The number of nitrogens with one attached hydrogen (secondary N) is 2. The number of rotatable bonds is 8. The number of methoxy groups -OCH3 is 1. The third-order valence-corrected chi connectivity index (χ3v) is 4.62. The predicted octanol–water partition coefficient (Wildman–Crippen LogP) is 1.37. The van der Waals surface area contributed by atoms with Crippen molar-refractivity contribution in [3.8, 4) is 0 Å². The van der Waals surface area contributed by atoms with E-state index in [9.17, 15) is 13.2 Å². The summed E-state index contributed by atoms with van der Waals surface area (Å²) >= 11 is 0. The standard InChI is InChI=1S/C12H18ClN3O4S/c1-20-7-3-2-6-14-12(17)10-11(21(13,18)19)9(15-16-10)8-4-5-8/h8H,2-7H2,1H3,(H,14,17)(H,15,16). The van der Waals surface area contributed by atoms with Gasteiger partial charge in [0.1, 0.15) is 4.90 Å². The number of aromatic amines is 1. The van der Waals surface area contributed by atoms with Crippen LogP contribution in [0.15, 0.2) is 4.90 Å². The lowest BCUT2D eigenvalue weighted by Gasteiger charge is -2.04. The minimum atomic E-state index is -4.01. The number of H-pyrrole nitrogens is 1. The fraction of sp³-hybridized carbons (Fsp3) is 0.667. The molecule has 1 heterocycles. The van der Waals surface area contributed by atoms with Crippen LogP contribution in [0.2, 0.25) is 0 Å². The van der Waals surface area contributed by atoms with Gasteiger partial charge < -0.3 is 10.1 Å². The molecule has 0 bridgehead atoms. The Bertz CT molecular complexity index is 610. The predicted molar refractivity (Wildman–Crippen MR) is 77.0 cm³/mol. The van der Waals surface area contributed by atoms with E-state index in [-0.39, 0.29) is 16.5 Å². The molecule has 7 nitrogen and oxygen atoms in total. The SMILES string of the molecule is COCCCCNC(=O)c1n[nH]c(C2CC2)c1S(=O)(=O)Cl. The second-order valence-corrected chi connectivity index (χ2v) is 7.49. The molecule has 1 aliphatic rings. The van der Waals surface area contributed by atoms with E-state index in [1.165, 1.54) is 0 Å². The normalized spacial score (nSPS) is 15.1. The number of nitrogens with zero attached hydrogens (tertiary/aromatic N) is 1. The quantitative estimate of drug-likeness (QED) is 0.552. The van der Waals surface area contributed by atoms with Gasteiger partial charge >= 0.3 is 0 Å². The number of carbonyl (C=O) groups excluding carboxylic acids is 1. The zero-order valence-electron chi connectivity index (χ0n) is 11.7. The van der Waals surface area contributed by atoms with Crippen molar-refractivity contribution < 1.29 is 17.9 Å². The van der Waals surface area contributed by atoms with Crippen LogP contribution in [0.1, 0.15) is 47.8 Å². The van der Waals surface area contributed by atoms with Crippen molar-refractivity contribution in [2.75, 3.05) is 20.3 Å². The summed E-state index contributed by atoms with van der Waals surface area (Å²) in [5.74, 6) is -0.431. The lowest BCUT2D eigenvalue weighted by atomic mass is 10.2. The van der Waals surface area contributed by atoms with Gasteiger partial charge in [0, 0.05) is 36.9 Å². The van der Waals surface area contributed by atoms with Crippen molar-refractivity contribution in [3.05, 3.63) is 11.4 Å². The number of carbonyl (C=O) groups is 1. The number of hydrogen-bond acceptors (Lipinski definition) is 5. The van der Waals surface area contributed by atoms with Crippen molar-refractivity contribution in [2.45, 2.75) is 36.5 Å². The van der Waals surface area contributed by atoms with E-state index < -0.39 is 15.0 Å². The molecule has 0 saturated heterocycles. The van der Waals surface area contributed by atoms with E-state index in [0.29, 0.717) is 18.8 Å². The van der Waals surface area contributed by atoms with Gasteiger partial charge in [-0.05, 0) is 25.7 Å². The highest BCUT2D eigenvalue weighted by Crippen LogP contribution is 2.43. The van der Waals surface area contributed by atoms with Crippen molar-refractivity contribution in [1.29, 1.82) is 0 Å². The summed E-state index contributed by atoms with van der Waals surface area (Å²) in [5.41, 5.74) is 0.285. The summed E-state index contributed by atoms with van der Waals surface area (Å²) in [6.07, 6.45) is 3.30. The fourth-order valence-corrected chi connectivity index (χ4v) is 3.36. The topological polar surface area (TPSA) is 101 Å². The molecule has 1 aromatic heterocycles. The lowest BCUT2D eigenvalue weighted by Crippen LogP contribution is -2.26. The largest absolute Gasteiger partial charge is 0.385 e. The first-order valence-corrected chi connectivity index (χ1v) is 9.06. The Balaban J connectivity index is 2.07. The molecule has 0 spiro atoms. The van der Waals surface area contributed by atoms with E-state index in [4.69, 9.17) is 15.4 Å². The van der Waals surface area contributed by atoms with Crippen LogP contribution in [0.4, 0.5) is 0 Å². The third-order valence-electron chi connectivity index (χ3n) is 3.25. The number of unbranched alkanes of at least 4 members (excludes halogenated alkanes) is 1. The molecule has 1 aromatic rings. The van der Waals surface area contributed by atoms with Gasteiger partial charge in [-0.3, -0.25) is 9.89 Å². The smallest absolute Gasteiger partial charge is 0.273 e. The van der Waals surface area contributed by atoms with Crippen molar-refractivity contribution in [3.63, 3.8) is 0 Å². The van der Waals surface area contributed by atoms with Gasteiger partial charge in [0.15, 0.2) is 5.69 Å². The van der Waals surface area contributed by atoms with Crippen LogP contribution in [0.25, 0.3) is 0 Å². The highest BCUT2D eigenvalue weighted by molar-refractivity contribution is 8.13. The summed E-state index contributed by atoms with van der Waals surface area (Å²) in [6, 6.07) is 0. The van der Waals surface area contributed by atoms with Crippen LogP contribution in [0.5, 0.6) is 0 Å². The Hall–Kier alpha value is -1.12. The van der Waals surface area contributed by atoms with E-state index in [1.54, 1.807) is 7.11 Å². The molecule has 0 unspecified atom stereocenters. The Labute approximate surface area is 127 Å². The molecule has 118 valence electrons. The van der Waals surface area contributed by atoms with Gasteiger partial charge in [0.2, 0.25) is 0 Å². The summed E-state index contributed by atoms with van der Waals surface area (Å²) in [4.78, 5) is 11.9. The van der Waals surface area contributed by atoms with Gasteiger partial charge in [-0.25, -0.2) is 8.42 Å². The monoisotopic (exact) mass is 335 g/mol. The summed E-state index contributed by atoms with van der Waals surface area (Å²) in [5, 5.41) is 9.12. The van der Waals surface area contributed by atoms with Gasteiger partial charge in [0.05, 0.1) is 5.69 Å². The highest BCUT2D eigenvalue weighted by Gasteiger charge is 2.36. The van der Waals surface area contributed by atoms with Gasteiger partial charge in [-0.2, -0.15) is 5.10 Å². The number of halogens is 1. The molecular formula is C12H18ClN3O4S. The Morgan fingerprint density at radius 1 is 1.48 bits per heavy atom. The fourth-order valence-electron chi connectivity index (χ4n) is 2.05. The third kappa shape index (κ3) is 4.18. The Morgan fingerprint density at radius 2 is 2.19 bits per heavy atom. The van der Waals surface area contributed by atoms with Crippen LogP contribution in [-0.4, -0.2) is 44.8 Å². The van der Waals surface area contributed by atoms with Crippen LogP contribution in [0.3, 0.4) is 0 Å². The second kappa shape index (κ2) is 6.76. The molecule has 0 aliphatic heterocycles. The first-order chi connectivity index (χ1) is 9.95. The van der Waals surface area contributed by atoms with Gasteiger partial charge in [0.25, 0.3) is 15.0 Å². The minimum Gasteiger partial charge on any atom is -0.385 e. The average Bonchev–Trinajstić information content (AvgIpc) is 3.15. The molecule has 0 aromatic carbocycles. The first-order valence-electron chi connectivity index (χ1n) is 6.75. The maximum absolute atomic E-state index is 12.1. The zero-order valence-corrected chi connectivity index (χ0v) is 13.3. The highest BCUT2D eigenvalue weighted by atomic mass is 35.7. The van der Waals surface area contributed by atoms with Gasteiger partial charge in [-0.15, -0.1) is 0 Å². The molecule has 1 amide bonds. The van der Waals surface area contributed by atoms with Crippen molar-refractivity contribution >= 4 is 25.6 Å². The maximum atomic E-state index is 12.1. The van der Waals surface area contributed by atoms with Crippen LogP contribution < -0.4 is 5.32 Å². The van der Waals surface area contributed by atoms with Crippen LogP contribution in [-0.2, 0) is 13.8 Å². The van der Waals surface area contributed by atoms with Crippen LogP contribution in [0, 0.1) is 0 Å². The van der Waals surface area contributed by atoms with E-state index in [2.05, 4.69) is 15.5 Å². The second-order valence-electron chi connectivity index (χ2n) is 4.98. The summed E-state index contributed by atoms with van der Waals surface area (Å²) < 4.78 is 28.3. The molecule has 1 saturated carbocycles. The zero-order chi connectivity index (χ0) is 15.5. The summed E-state index contributed by atoms with van der Waals surface area (Å²) in [6.45, 7) is 1.04. The Morgan fingerprint density at radius 3 is 2.76 bits per heavy atom. The molecule has 1 aliphatic carbocycles. The molecule has 1 fully saturated rings. The molecule has 21 heavy (non-hydrogen) atoms. The first kappa shape index (κ1) is 16.3. The molecule has 9 heteroatoms. The van der Waals surface area contributed by atoms with Crippen molar-refractivity contribution in [2.24, 2.45) is 0 Å². The van der Waals surface area contributed by atoms with Crippen LogP contribution >= 0.6 is 10.7 Å². The van der Waals surface area contributed by atoms with E-state index >= 15 is 0 Å². The molecule has 0 radical (unpaired) electrons. The van der Waals surface area contributed by atoms with Gasteiger partial charge in [-0.1, -0.05) is 0 Å². The Kier molecular flexibility index (Phi) is 5.23. The van der Waals surface area contributed by atoms with E-state index in [0.717, 1.165) is 25.7 Å². The molecule has 2 rings (SSSR count). The van der Waals surface area contributed by atoms with Crippen molar-refractivity contribution in [1.82, 2.24) is 15.5 Å². The number of aromatic nitrogens is 2.